The Morgan fingerprint density at radius 1 is 1.08 bits per heavy atom. The van der Waals surface area contributed by atoms with Crippen molar-refractivity contribution in [2.24, 2.45) is 5.10 Å². The Bertz CT molecular complexity index is 767. The normalized spacial score (nSPS) is 11.0. The number of nitrogens with one attached hydrogen (secondary N) is 2. The molecule has 0 atom stereocenters. The number of rotatable bonds is 5. The quantitative estimate of drug-likeness (QED) is 0.448. The number of hydrazone groups is 1. The van der Waals surface area contributed by atoms with Crippen LogP contribution in [0.25, 0.3) is 0 Å². The molecular weight excluding hydrogens is 304 g/mol. The molecule has 6 heteroatoms. The Labute approximate surface area is 140 Å². The average Bonchev–Trinajstić information content (AvgIpc) is 2.55. The second kappa shape index (κ2) is 7.92. The molecule has 2 aromatic carbocycles. The Hall–Kier alpha value is -3.15. The van der Waals surface area contributed by atoms with Crippen molar-refractivity contribution in [3.05, 3.63) is 59.7 Å². The molecule has 0 saturated heterocycles. The molecule has 0 saturated carbocycles. The third kappa shape index (κ3) is 4.95. The molecule has 0 unspecified atom stereocenters. The Morgan fingerprint density at radius 2 is 1.75 bits per heavy atom. The highest BCUT2D eigenvalue weighted by Gasteiger charge is 2.09. The average molecular weight is 324 g/mol. The van der Waals surface area contributed by atoms with Crippen LogP contribution in [0.1, 0.15) is 29.3 Å². The van der Waals surface area contributed by atoms with Crippen molar-refractivity contribution in [1.29, 1.82) is 0 Å². The van der Waals surface area contributed by atoms with Crippen molar-refractivity contribution in [3.8, 4) is 0 Å². The number of carbonyl (C=O) groups is 2. The maximum absolute atomic E-state index is 12.0. The summed E-state index contributed by atoms with van der Waals surface area (Å²) in [7, 11) is 0. The molecule has 6 nitrogen and oxygen atoms in total. The number of carbonyl (C=O) groups excluding carboxylic acids is 2. The topological polar surface area (TPSA) is 96.6 Å². The molecule has 124 valence electrons. The van der Waals surface area contributed by atoms with E-state index in [2.05, 4.69) is 15.8 Å². The van der Waals surface area contributed by atoms with Crippen LogP contribution in [0.2, 0.25) is 0 Å². The molecule has 0 aliphatic rings. The van der Waals surface area contributed by atoms with Gasteiger partial charge in [0.05, 0.1) is 12.0 Å². The van der Waals surface area contributed by atoms with E-state index in [1.165, 1.54) is 0 Å². The van der Waals surface area contributed by atoms with Gasteiger partial charge in [0.2, 0.25) is 5.91 Å². The van der Waals surface area contributed by atoms with Crippen molar-refractivity contribution < 1.29 is 9.59 Å². The zero-order valence-electron chi connectivity index (χ0n) is 13.7. The van der Waals surface area contributed by atoms with E-state index in [1.807, 2.05) is 31.2 Å². The molecule has 2 rings (SSSR count). The van der Waals surface area contributed by atoms with Crippen LogP contribution in [0.3, 0.4) is 0 Å². The molecule has 0 aliphatic carbocycles. The lowest BCUT2D eigenvalue weighted by molar-refractivity contribution is -0.115. The van der Waals surface area contributed by atoms with Gasteiger partial charge in [0.25, 0.3) is 5.91 Å². The number of amides is 2. The van der Waals surface area contributed by atoms with Gasteiger partial charge in [-0.2, -0.15) is 5.10 Å². The first-order valence-corrected chi connectivity index (χ1v) is 7.50. The Balaban J connectivity index is 1.89. The smallest absolute Gasteiger partial charge is 0.273 e. The monoisotopic (exact) mass is 324 g/mol. The second-order valence-electron chi connectivity index (χ2n) is 5.47. The summed E-state index contributed by atoms with van der Waals surface area (Å²) in [5.41, 5.74) is 11.2. The molecular formula is C18H20N4O2. The van der Waals surface area contributed by atoms with E-state index in [0.717, 1.165) is 11.3 Å². The van der Waals surface area contributed by atoms with Crippen LogP contribution in [-0.4, -0.2) is 17.5 Å². The Morgan fingerprint density at radius 3 is 2.42 bits per heavy atom. The minimum atomic E-state index is -0.411. The van der Waals surface area contributed by atoms with Crippen LogP contribution >= 0.6 is 0 Å². The summed E-state index contributed by atoms with van der Waals surface area (Å²) in [5.74, 6) is -0.611. The first-order valence-electron chi connectivity index (χ1n) is 7.50. The molecule has 0 aliphatic heterocycles. The van der Waals surface area contributed by atoms with Crippen LogP contribution in [0.5, 0.6) is 0 Å². The van der Waals surface area contributed by atoms with Gasteiger partial charge >= 0.3 is 0 Å². The number of benzene rings is 2. The van der Waals surface area contributed by atoms with Gasteiger partial charge in [-0.25, -0.2) is 5.43 Å². The zero-order chi connectivity index (χ0) is 17.5. The maximum Gasteiger partial charge on any atom is 0.273 e. The van der Waals surface area contributed by atoms with Crippen LogP contribution in [0.4, 0.5) is 11.4 Å². The number of aryl methyl sites for hydroxylation is 1. The molecule has 0 aromatic heterocycles. The molecule has 2 aromatic rings. The Kier molecular flexibility index (Phi) is 5.68. The van der Waals surface area contributed by atoms with Crippen molar-refractivity contribution in [2.45, 2.75) is 20.3 Å². The van der Waals surface area contributed by atoms with Gasteiger partial charge in [-0.3, -0.25) is 9.59 Å². The summed E-state index contributed by atoms with van der Waals surface area (Å²) in [6, 6.07) is 14.2. The van der Waals surface area contributed by atoms with E-state index < -0.39 is 5.91 Å². The van der Waals surface area contributed by atoms with E-state index >= 15 is 0 Å². The predicted molar refractivity (Wildman–Crippen MR) is 95.9 cm³/mol. The molecule has 0 spiro atoms. The van der Waals surface area contributed by atoms with E-state index in [9.17, 15) is 9.59 Å². The minimum Gasteiger partial charge on any atom is -0.398 e. The molecule has 2 amide bonds. The third-order valence-electron chi connectivity index (χ3n) is 3.31. The fourth-order valence-electron chi connectivity index (χ4n) is 2.02. The molecule has 0 heterocycles. The van der Waals surface area contributed by atoms with Gasteiger partial charge in [0, 0.05) is 17.1 Å². The molecule has 0 fully saturated rings. The van der Waals surface area contributed by atoms with Gasteiger partial charge in [-0.15, -0.1) is 0 Å². The van der Waals surface area contributed by atoms with E-state index in [-0.39, 0.29) is 12.3 Å². The summed E-state index contributed by atoms with van der Waals surface area (Å²) in [4.78, 5) is 23.9. The van der Waals surface area contributed by atoms with E-state index in [0.29, 0.717) is 17.0 Å². The first-order chi connectivity index (χ1) is 11.5. The highest BCUT2D eigenvalue weighted by atomic mass is 16.2. The van der Waals surface area contributed by atoms with Crippen LogP contribution in [0, 0.1) is 6.92 Å². The fraction of sp³-hybridized carbons (Fsp3) is 0.167. The molecule has 4 N–H and O–H groups in total. The summed E-state index contributed by atoms with van der Waals surface area (Å²) in [5, 5.41) is 6.71. The lowest BCUT2D eigenvalue weighted by atomic mass is 10.2. The summed E-state index contributed by atoms with van der Waals surface area (Å²) in [6.45, 7) is 3.65. The van der Waals surface area contributed by atoms with Crippen LogP contribution in [-0.2, 0) is 4.79 Å². The number of nitrogens with zero attached hydrogens (tertiary/aromatic N) is 1. The van der Waals surface area contributed by atoms with E-state index in [4.69, 9.17) is 5.73 Å². The van der Waals surface area contributed by atoms with Crippen molar-refractivity contribution in [3.63, 3.8) is 0 Å². The van der Waals surface area contributed by atoms with Gasteiger partial charge in [-0.1, -0.05) is 29.8 Å². The minimum absolute atomic E-state index is 0.0818. The van der Waals surface area contributed by atoms with Crippen molar-refractivity contribution in [2.75, 3.05) is 11.1 Å². The van der Waals surface area contributed by atoms with Crippen molar-refractivity contribution in [1.82, 2.24) is 5.43 Å². The number of hydrogen-bond donors (Lipinski definition) is 3. The second-order valence-corrected chi connectivity index (χ2v) is 5.47. The summed E-state index contributed by atoms with van der Waals surface area (Å²) < 4.78 is 0. The maximum atomic E-state index is 12.0. The number of para-hydroxylation sites is 1. The van der Waals surface area contributed by atoms with Crippen molar-refractivity contribution >= 4 is 28.9 Å². The lowest BCUT2D eigenvalue weighted by Gasteiger charge is -2.06. The van der Waals surface area contributed by atoms with E-state index in [1.54, 1.807) is 31.2 Å². The molecule has 0 bridgehead atoms. The van der Waals surface area contributed by atoms with Gasteiger partial charge in [0.1, 0.15) is 0 Å². The van der Waals surface area contributed by atoms with Gasteiger partial charge in [0.15, 0.2) is 0 Å². The third-order valence-corrected chi connectivity index (χ3v) is 3.31. The lowest BCUT2D eigenvalue weighted by Crippen LogP contribution is -2.22. The number of nitrogens with two attached hydrogens (primary N) is 1. The number of anilines is 2. The standard InChI is InChI=1S/C18H20N4O2/c1-12-7-9-14(10-8-12)20-17(23)11-13(2)21-22-18(24)15-5-3-4-6-16(15)19/h3-10H,11,19H2,1-2H3,(H,20,23)(H,22,24). The summed E-state index contributed by atoms with van der Waals surface area (Å²) >= 11 is 0. The van der Waals surface area contributed by atoms with Crippen LogP contribution < -0.4 is 16.5 Å². The van der Waals surface area contributed by atoms with Gasteiger partial charge in [-0.05, 0) is 38.1 Å². The van der Waals surface area contributed by atoms with Crippen LogP contribution in [0.15, 0.2) is 53.6 Å². The largest absolute Gasteiger partial charge is 0.398 e. The number of hydrogen-bond acceptors (Lipinski definition) is 4. The zero-order valence-corrected chi connectivity index (χ0v) is 13.7. The van der Waals surface area contributed by atoms with Gasteiger partial charge < -0.3 is 11.1 Å². The molecule has 24 heavy (non-hydrogen) atoms. The first kappa shape index (κ1) is 17.2. The summed E-state index contributed by atoms with van der Waals surface area (Å²) in [6.07, 6.45) is 0.0818. The highest BCUT2D eigenvalue weighted by Crippen LogP contribution is 2.10. The number of nitrogen functional groups attached to an aromatic ring is 1. The highest BCUT2D eigenvalue weighted by molar-refractivity contribution is 6.06. The molecule has 0 radical (unpaired) electrons. The fourth-order valence-corrected chi connectivity index (χ4v) is 2.02. The predicted octanol–water partition coefficient (Wildman–Crippen LogP) is 2.71. The SMILES string of the molecule is CC(CC(=O)Nc1ccc(C)cc1)=NNC(=O)c1ccccc1N.